The zero-order valence-corrected chi connectivity index (χ0v) is 9.03. The van der Waals surface area contributed by atoms with Crippen LogP contribution in [0.15, 0.2) is 6.07 Å². The quantitative estimate of drug-likeness (QED) is 0.818. The van der Waals surface area contributed by atoms with Gasteiger partial charge in [-0.3, -0.25) is 0 Å². The first-order valence-corrected chi connectivity index (χ1v) is 6.15. The number of thiophene rings is 1. The zero-order valence-electron chi connectivity index (χ0n) is 8.21. The second kappa shape index (κ2) is 3.65. The maximum Gasteiger partial charge on any atom is 0.0643 e. The first kappa shape index (κ1) is 8.89. The van der Waals surface area contributed by atoms with Gasteiger partial charge in [0.15, 0.2) is 0 Å². The van der Waals surface area contributed by atoms with Crippen molar-refractivity contribution in [3.63, 3.8) is 0 Å². The van der Waals surface area contributed by atoms with Gasteiger partial charge in [0, 0.05) is 16.3 Å². The van der Waals surface area contributed by atoms with Crippen LogP contribution in [0.3, 0.4) is 0 Å². The summed E-state index contributed by atoms with van der Waals surface area (Å²) >= 11 is 2.00. The van der Waals surface area contributed by atoms with Crippen LogP contribution in [0.25, 0.3) is 0 Å². The van der Waals surface area contributed by atoms with Crippen molar-refractivity contribution in [3.05, 3.63) is 21.4 Å². The topological polar surface area (TPSA) is 21.3 Å². The number of hydrogen-bond acceptors (Lipinski definition) is 3. The third-order valence-electron chi connectivity index (χ3n) is 3.00. The monoisotopic (exact) mass is 209 g/mol. The average molecular weight is 209 g/mol. The Morgan fingerprint density at radius 3 is 3.07 bits per heavy atom. The molecule has 1 aliphatic heterocycles. The Hall–Kier alpha value is -0.380. The van der Waals surface area contributed by atoms with Crippen molar-refractivity contribution >= 4 is 11.3 Å². The summed E-state index contributed by atoms with van der Waals surface area (Å²) in [6.45, 7) is 2.82. The first-order chi connectivity index (χ1) is 6.92. The van der Waals surface area contributed by atoms with Crippen LogP contribution in [-0.4, -0.2) is 19.3 Å². The molecule has 0 aromatic carbocycles. The second-order valence-corrected chi connectivity index (χ2v) is 5.35. The summed E-state index contributed by atoms with van der Waals surface area (Å²) in [5.74, 6) is 0. The van der Waals surface area contributed by atoms with Crippen LogP contribution in [0, 0.1) is 0 Å². The van der Waals surface area contributed by atoms with Crippen LogP contribution in [0.1, 0.15) is 21.7 Å². The van der Waals surface area contributed by atoms with Crippen LogP contribution in [-0.2, 0) is 24.1 Å². The van der Waals surface area contributed by atoms with Crippen LogP contribution in [0.4, 0.5) is 0 Å². The molecule has 0 atom stereocenters. The van der Waals surface area contributed by atoms with E-state index in [-0.39, 0.29) is 0 Å². The highest BCUT2D eigenvalue weighted by atomic mass is 32.1. The Balaban J connectivity index is 1.60. The van der Waals surface area contributed by atoms with Crippen molar-refractivity contribution in [2.24, 2.45) is 0 Å². The van der Waals surface area contributed by atoms with Crippen molar-refractivity contribution < 1.29 is 4.74 Å². The summed E-state index contributed by atoms with van der Waals surface area (Å²) in [6, 6.07) is 2.99. The van der Waals surface area contributed by atoms with Crippen LogP contribution in [0.5, 0.6) is 0 Å². The van der Waals surface area contributed by atoms with Gasteiger partial charge in [0.05, 0.1) is 19.3 Å². The molecule has 0 amide bonds. The molecule has 1 fully saturated rings. The summed E-state index contributed by atoms with van der Waals surface area (Å²) in [4.78, 5) is 3.13. The van der Waals surface area contributed by atoms with Gasteiger partial charge in [-0.1, -0.05) is 0 Å². The van der Waals surface area contributed by atoms with Gasteiger partial charge in [-0.05, 0) is 30.9 Å². The lowest BCUT2D eigenvalue weighted by Gasteiger charge is -2.26. The van der Waals surface area contributed by atoms with Crippen molar-refractivity contribution in [1.82, 2.24) is 5.32 Å². The minimum atomic E-state index is 0.604. The van der Waals surface area contributed by atoms with E-state index in [0.29, 0.717) is 6.04 Å². The molecule has 2 aliphatic rings. The third kappa shape index (κ3) is 1.60. The summed E-state index contributed by atoms with van der Waals surface area (Å²) in [6.07, 6.45) is 3.98. The Kier molecular flexibility index (Phi) is 2.32. The van der Waals surface area contributed by atoms with Gasteiger partial charge in [0.25, 0.3) is 0 Å². The molecule has 1 aliphatic carbocycles. The lowest BCUT2D eigenvalue weighted by molar-refractivity contribution is -0.00567. The molecule has 3 heteroatoms. The molecular weight excluding hydrogens is 194 g/mol. The highest BCUT2D eigenvalue weighted by molar-refractivity contribution is 7.12. The molecule has 76 valence electrons. The predicted octanol–water partition coefficient (Wildman–Crippen LogP) is 1.73. The fraction of sp³-hybridized carbons (Fsp3) is 0.636. The normalized spacial score (nSPS) is 20.9. The van der Waals surface area contributed by atoms with Gasteiger partial charge < -0.3 is 10.1 Å². The van der Waals surface area contributed by atoms with Crippen molar-refractivity contribution in [1.29, 1.82) is 0 Å². The van der Waals surface area contributed by atoms with Crippen LogP contribution >= 0.6 is 11.3 Å². The molecule has 3 rings (SSSR count). The van der Waals surface area contributed by atoms with Gasteiger partial charge in [-0.25, -0.2) is 0 Å². The average Bonchev–Trinajstić information content (AvgIpc) is 2.59. The Morgan fingerprint density at radius 2 is 2.36 bits per heavy atom. The Labute approximate surface area is 88.3 Å². The molecule has 0 unspecified atom stereocenters. The fourth-order valence-electron chi connectivity index (χ4n) is 2.08. The lowest BCUT2D eigenvalue weighted by atomic mass is 10.2. The summed E-state index contributed by atoms with van der Waals surface area (Å²) in [5.41, 5.74) is 1.61. The van der Waals surface area contributed by atoms with Crippen molar-refractivity contribution in [2.75, 3.05) is 13.2 Å². The molecule has 0 saturated carbocycles. The van der Waals surface area contributed by atoms with Crippen molar-refractivity contribution in [2.45, 2.75) is 31.8 Å². The van der Waals surface area contributed by atoms with E-state index in [9.17, 15) is 0 Å². The van der Waals surface area contributed by atoms with E-state index in [1.165, 1.54) is 24.1 Å². The van der Waals surface area contributed by atoms with Gasteiger partial charge in [-0.15, -0.1) is 11.3 Å². The Morgan fingerprint density at radius 1 is 1.43 bits per heavy atom. The molecule has 0 spiro atoms. The maximum absolute atomic E-state index is 5.13. The molecule has 2 heterocycles. The summed E-state index contributed by atoms with van der Waals surface area (Å²) in [7, 11) is 0. The highest BCUT2D eigenvalue weighted by Gasteiger charge is 2.19. The predicted molar refractivity (Wildman–Crippen MR) is 57.8 cm³/mol. The fourth-order valence-corrected chi connectivity index (χ4v) is 3.29. The molecule has 1 aromatic heterocycles. The second-order valence-electron chi connectivity index (χ2n) is 4.13. The number of ether oxygens (including phenoxy) is 1. The SMILES string of the molecule is c1c(CNC2COC2)sc2c1CCC2. The van der Waals surface area contributed by atoms with E-state index in [0.717, 1.165) is 19.8 Å². The number of aryl methyl sites for hydroxylation is 2. The molecule has 14 heavy (non-hydrogen) atoms. The number of nitrogens with one attached hydrogen (secondary N) is 1. The van der Waals surface area contributed by atoms with E-state index in [4.69, 9.17) is 4.74 Å². The summed E-state index contributed by atoms with van der Waals surface area (Å²) < 4.78 is 5.13. The largest absolute Gasteiger partial charge is 0.378 e. The zero-order chi connectivity index (χ0) is 9.38. The molecule has 2 nitrogen and oxygen atoms in total. The minimum absolute atomic E-state index is 0.604. The molecule has 1 N–H and O–H groups in total. The smallest absolute Gasteiger partial charge is 0.0643 e. The minimum Gasteiger partial charge on any atom is -0.378 e. The Bertz CT molecular complexity index is 309. The van der Waals surface area contributed by atoms with Gasteiger partial charge >= 0.3 is 0 Å². The molecule has 1 saturated heterocycles. The molecular formula is C11H15NOS. The van der Waals surface area contributed by atoms with E-state index in [1.54, 1.807) is 10.4 Å². The third-order valence-corrected chi connectivity index (χ3v) is 4.24. The maximum atomic E-state index is 5.13. The van der Waals surface area contributed by atoms with E-state index in [1.807, 2.05) is 11.3 Å². The number of hydrogen-bond donors (Lipinski definition) is 1. The highest BCUT2D eigenvalue weighted by Crippen LogP contribution is 2.30. The van der Waals surface area contributed by atoms with Crippen LogP contribution in [0.2, 0.25) is 0 Å². The molecule has 0 radical (unpaired) electrons. The van der Waals surface area contributed by atoms with Gasteiger partial charge in [0.2, 0.25) is 0 Å². The van der Waals surface area contributed by atoms with Gasteiger partial charge in [-0.2, -0.15) is 0 Å². The van der Waals surface area contributed by atoms with E-state index < -0.39 is 0 Å². The van der Waals surface area contributed by atoms with E-state index in [2.05, 4.69) is 11.4 Å². The standard InChI is InChI=1S/C11H15NOS/c1-2-8-4-10(14-11(8)3-1)5-12-9-6-13-7-9/h4,9,12H,1-3,5-7H2. The molecule has 0 bridgehead atoms. The van der Waals surface area contributed by atoms with Gasteiger partial charge in [0.1, 0.15) is 0 Å². The van der Waals surface area contributed by atoms with Crippen LogP contribution < -0.4 is 5.32 Å². The van der Waals surface area contributed by atoms with E-state index >= 15 is 0 Å². The van der Waals surface area contributed by atoms with Crippen molar-refractivity contribution in [3.8, 4) is 0 Å². The number of rotatable bonds is 3. The lowest BCUT2D eigenvalue weighted by Crippen LogP contribution is -2.45. The number of fused-ring (bicyclic) bond motifs is 1. The first-order valence-electron chi connectivity index (χ1n) is 5.33. The molecule has 1 aromatic rings. The summed E-state index contributed by atoms with van der Waals surface area (Å²) in [5, 5.41) is 3.51.